The lowest BCUT2D eigenvalue weighted by Gasteiger charge is -2.52. The quantitative estimate of drug-likeness (QED) is 0.798. The van der Waals surface area contributed by atoms with E-state index in [1.165, 1.54) is 58.2 Å². The van der Waals surface area contributed by atoms with Crippen LogP contribution in [0.25, 0.3) is 0 Å². The third-order valence-corrected chi connectivity index (χ3v) is 4.96. The summed E-state index contributed by atoms with van der Waals surface area (Å²) >= 11 is 0. The van der Waals surface area contributed by atoms with Gasteiger partial charge in [-0.15, -0.1) is 0 Å². The second kappa shape index (κ2) is 5.71. The van der Waals surface area contributed by atoms with Crippen LogP contribution in [0.15, 0.2) is 0 Å². The molecule has 2 rings (SSSR count). The van der Waals surface area contributed by atoms with E-state index in [1.807, 2.05) is 0 Å². The summed E-state index contributed by atoms with van der Waals surface area (Å²) < 4.78 is 0. The number of nitrogens with two attached hydrogens (primary N) is 1. The molecule has 100 valence electrons. The van der Waals surface area contributed by atoms with Crippen LogP contribution in [0.4, 0.5) is 0 Å². The van der Waals surface area contributed by atoms with Gasteiger partial charge < -0.3 is 10.6 Å². The average Bonchev–Trinajstić information content (AvgIpc) is 2.26. The largest absolute Gasteiger partial charge is 0.330 e. The molecule has 2 aliphatic rings. The van der Waals surface area contributed by atoms with E-state index in [0.717, 1.165) is 23.8 Å². The van der Waals surface area contributed by atoms with Crippen molar-refractivity contribution in [2.24, 2.45) is 23.0 Å². The highest BCUT2D eigenvalue weighted by molar-refractivity contribution is 4.96. The van der Waals surface area contributed by atoms with Crippen LogP contribution in [-0.4, -0.2) is 31.1 Å². The first-order chi connectivity index (χ1) is 8.13. The zero-order valence-electron chi connectivity index (χ0n) is 11.8. The molecular weight excluding hydrogens is 208 g/mol. The highest BCUT2D eigenvalue weighted by Crippen LogP contribution is 2.53. The van der Waals surface area contributed by atoms with Crippen molar-refractivity contribution in [3.8, 4) is 0 Å². The number of hydrogen-bond acceptors (Lipinski definition) is 2. The van der Waals surface area contributed by atoms with Crippen molar-refractivity contribution in [3.05, 3.63) is 0 Å². The molecule has 0 bridgehead atoms. The first kappa shape index (κ1) is 13.4. The van der Waals surface area contributed by atoms with Crippen molar-refractivity contribution in [1.82, 2.24) is 4.90 Å². The Morgan fingerprint density at radius 3 is 2.41 bits per heavy atom. The average molecular weight is 238 g/mol. The fraction of sp³-hybridized carbons (Fsp3) is 1.00. The van der Waals surface area contributed by atoms with Crippen LogP contribution in [0.1, 0.15) is 52.4 Å². The molecule has 1 heterocycles. The van der Waals surface area contributed by atoms with E-state index in [-0.39, 0.29) is 0 Å². The van der Waals surface area contributed by atoms with Crippen LogP contribution >= 0.6 is 0 Å². The van der Waals surface area contributed by atoms with Gasteiger partial charge in [0.1, 0.15) is 0 Å². The summed E-state index contributed by atoms with van der Waals surface area (Å²) in [7, 11) is 0. The van der Waals surface area contributed by atoms with E-state index in [9.17, 15) is 0 Å². The maximum atomic E-state index is 5.64. The van der Waals surface area contributed by atoms with Crippen LogP contribution in [0.5, 0.6) is 0 Å². The molecule has 2 N–H and O–H groups in total. The van der Waals surface area contributed by atoms with Crippen molar-refractivity contribution in [2.45, 2.75) is 52.4 Å². The zero-order valence-corrected chi connectivity index (χ0v) is 11.8. The number of likely N-dealkylation sites (tertiary alicyclic amines) is 1. The summed E-state index contributed by atoms with van der Waals surface area (Å²) in [5.74, 6) is 1.81. The lowest BCUT2D eigenvalue weighted by molar-refractivity contribution is -0.0158. The molecule has 0 aromatic rings. The Morgan fingerprint density at radius 2 is 1.88 bits per heavy atom. The second-order valence-corrected chi connectivity index (χ2v) is 6.88. The van der Waals surface area contributed by atoms with Crippen molar-refractivity contribution in [3.63, 3.8) is 0 Å². The molecule has 0 aromatic carbocycles. The zero-order chi connectivity index (χ0) is 12.3. The van der Waals surface area contributed by atoms with Crippen LogP contribution < -0.4 is 5.73 Å². The van der Waals surface area contributed by atoms with Crippen LogP contribution in [0, 0.1) is 17.3 Å². The summed E-state index contributed by atoms with van der Waals surface area (Å²) in [6, 6.07) is 0. The molecule has 1 saturated heterocycles. The highest BCUT2D eigenvalue weighted by atomic mass is 15.1. The van der Waals surface area contributed by atoms with Crippen molar-refractivity contribution in [1.29, 1.82) is 0 Å². The van der Waals surface area contributed by atoms with E-state index in [4.69, 9.17) is 5.73 Å². The van der Waals surface area contributed by atoms with E-state index < -0.39 is 0 Å². The minimum atomic E-state index is 0.744. The van der Waals surface area contributed by atoms with Crippen molar-refractivity contribution in [2.75, 3.05) is 26.2 Å². The Labute approximate surface area is 107 Å². The molecule has 1 spiro atoms. The summed E-state index contributed by atoms with van der Waals surface area (Å²) in [6.07, 6.45) is 8.48. The summed E-state index contributed by atoms with van der Waals surface area (Å²) in [5.41, 5.74) is 6.38. The Balaban J connectivity index is 1.65. The second-order valence-electron chi connectivity index (χ2n) is 6.88. The topological polar surface area (TPSA) is 29.3 Å². The SMILES string of the molecule is CC(C)CCN1CCC2(CC1)CC(CCN)C2. The molecule has 0 radical (unpaired) electrons. The molecule has 2 heteroatoms. The third kappa shape index (κ3) is 3.45. The Kier molecular flexibility index (Phi) is 4.48. The summed E-state index contributed by atoms with van der Waals surface area (Å²) in [5, 5.41) is 0. The Bertz CT molecular complexity index is 221. The van der Waals surface area contributed by atoms with Gasteiger partial charge in [-0.05, 0) is 82.0 Å². The fourth-order valence-electron chi connectivity index (χ4n) is 3.70. The molecule has 0 aromatic heterocycles. The van der Waals surface area contributed by atoms with E-state index in [2.05, 4.69) is 18.7 Å². The summed E-state index contributed by atoms with van der Waals surface area (Å²) in [4.78, 5) is 2.68. The normalized spacial score (nSPS) is 25.4. The van der Waals surface area contributed by atoms with E-state index in [0.29, 0.717) is 0 Å². The predicted octanol–water partition coefficient (Wildman–Crippen LogP) is 2.87. The van der Waals surface area contributed by atoms with Gasteiger partial charge in [-0.25, -0.2) is 0 Å². The van der Waals surface area contributed by atoms with Crippen LogP contribution in [-0.2, 0) is 0 Å². The van der Waals surface area contributed by atoms with Gasteiger partial charge in [0.25, 0.3) is 0 Å². The molecule has 0 amide bonds. The fourth-order valence-corrected chi connectivity index (χ4v) is 3.70. The number of rotatable bonds is 5. The van der Waals surface area contributed by atoms with Crippen LogP contribution in [0.2, 0.25) is 0 Å². The minimum Gasteiger partial charge on any atom is -0.330 e. The molecule has 1 aliphatic carbocycles. The van der Waals surface area contributed by atoms with Crippen molar-refractivity contribution >= 4 is 0 Å². The first-order valence-electron chi connectivity index (χ1n) is 7.56. The molecule has 1 saturated carbocycles. The predicted molar refractivity (Wildman–Crippen MR) is 74.0 cm³/mol. The van der Waals surface area contributed by atoms with E-state index in [1.54, 1.807) is 0 Å². The molecule has 2 fully saturated rings. The smallest absolute Gasteiger partial charge is 0.00134 e. The van der Waals surface area contributed by atoms with Gasteiger partial charge >= 0.3 is 0 Å². The Hall–Kier alpha value is -0.0800. The maximum Gasteiger partial charge on any atom is -0.00134 e. The highest BCUT2D eigenvalue weighted by Gasteiger charge is 2.44. The van der Waals surface area contributed by atoms with Crippen LogP contribution in [0.3, 0.4) is 0 Å². The standard InChI is InChI=1S/C15H30N2/c1-13(2)4-8-17-9-5-15(6-10-17)11-14(12-15)3-7-16/h13-14H,3-12,16H2,1-2H3. The number of nitrogens with zero attached hydrogens (tertiary/aromatic N) is 1. The maximum absolute atomic E-state index is 5.64. The monoisotopic (exact) mass is 238 g/mol. The van der Waals surface area contributed by atoms with Gasteiger partial charge in [-0.1, -0.05) is 13.8 Å². The molecule has 0 unspecified atom stereocenters. The number of piperidine rings is 1. The van der Waals surface area contributed by atoms with Gasteiger partial charge in [0.2, 0.25) is 0 Å². The molecule has 17 heavy (non-hydrogen) atoms. The molecule has 2 nitrogen and oxygen atoms in total. The Morgan fingerprint density at radius 1 is 1.24 bits per heavy atom. The first-order valence-corrected chi connectivity index (χ1v) is 7.56. The molecule has 0 atom stereocenters. The lowest BCUT2D eigenvalue weighted by Crippen LogP contribution is -2.47. The minimum absolute atomic E-state index is 0.744. The number of hydrogen-bond donors (Lipinski definition) is 1. The van der Waals surface area contributed by atoms with Gasteiger partial charge in [-0.2, -0.15) is 0 Å². The van der Waals surface area contributed by atoms with Gasteiger partial charge in [0.05, 0.1) is 0 Å². The van der Waals surface area contributed by atoms with Gasteiger partial charge in [0, 0.05) is 0 Å². The molecular formula is C15H30N2. The van der Waals surface area contributed by atoms with Gasteiger partial charge in [-0.3, -0.25) is 0 Å². The van der Waals surface area contributed by atoms with Crippen molar-refractivity contribution < 1.29 is 0 Å². The molecule has 1 aliphatic heterocycles. The van der Waals surface area contributed by atoms with E-state index >= 15 is 0 Å². The van der Waals surface area contributed by atoms with Gasteiger partial charge in [0.15, 0.2) is 0 Å². The third-order valence-electron chi connectivity index (χ3n) is 4.96. The summed E-state index contributed by atoms with van der Waals surface area (Å²) in [6.45, 7) is 9.56. The lowest BCUT2D eigenvalue weighted by atomic mass is 9.57.